The highest BCUT2D eigenvalue weighted by molar-refractivity contribution is 6.35. The van der Waals surface area contributed by atoms with Crippen LogP contribution in [0.5, 0.6) is 0 Å². The van der Waals surface area contributed by atoms with Crippen molar-refractivity contribution in [3.63, 3.8) is 0 Å². The summed E-state index contributed by atoms with van der Waals surface area (Å²) >= 11 is 12.1. The molecule has 0 saturated carbocycles. The number of carboxylic acid groups (broad SMARTS) is 1. The second-order valence-corrected chi connectivity index (χ2v) is 6.16. The Morgan fingerprint density at radius 2 is 1.67 bits per heavy atom. The highest BCUT2D eigenvalue weighted by Gasteiger charge is 2.04. The number of unbranched alkanes of at least 4 members (excludes halogenated alkanes) is 3. The Morgan fingerprint density at radius 1 is 1.00 bits per heavy atom. The number of ether oxygens (including phenoxy) is 2. The zero-order chi connectivity index (χ0) is 17.6. The molecule has 136 valence electrons. The number of carbonyl (C=O) groups is 1. The van der Waals surface area contributed by atoms with E-state index in [-0.39, 0.29) is 6.54 Å². The maximum Gasteiger partial charge on any atom is 0.317 e. The fourth-order valence-corrected chi connectivity index (χ4v) is 2.57. The van der Waals surface area contributed by atoms with Crippen LogP contribution in [0.4, 0.5) is 0 Å². The molecule has 1 aromatic carbocycles. The molecule has 0 heterocycles. The first kappa shape index (κ1) is 21.2. The number of hydrogen-bond donors (Lipinski definition) is 2. The summed E-state index contributed by atoms with van der Waals surface area (Å²) in [4.78, 5) is 10.3. The Morgan fingerprint density at radius 3 is 2.38 bits per heavy atom. The first-order valence-electron chi connectivity index (χ1n) is 8.12. The van der Waals surface area contributed by atoms with Crippen LogP contribution in [0.25, 0.3) is 0 Å². The highest BCUT2D eigenvalue weighted by atomic mass is 35.5. The predicted octanol–water partition coefficient (Wildman–Crippen LogP) is 3.76. The second kappa shape index (κ2) is 13.4. The van der Waals surface area contributed by atoms with Gasteiger partial charge in [-0.05, 0) is 31.5 Å². The molecule has 2 N–H and O–H groups in total. The first-order chi connectivity index (χ1) is 11.6. The van der Waals surface area contributed by atoms with Crippen molar-refractivity contribution in [3.8, 4) is 0 Å². The van der Waals surface area contributed by atoms with E-state index >= 15 is 0 Å². The van der Waals surface area contributed by atoms with Crippen molar-refractivity contribution in [2.24, 2.45) is 0 Å². The lowest BCUT2D eigenvalue weighted by molar-refractivity contribution is -0.135. The zero-order valence-electron chi connectivity index (χ0n) is 13.7. The minimum absolute atomic E-state index is 0.0303. The van der Waals surface area contributed by atoms with Crippen molar-refractivity contribution < 1.29 is 19.4 Å². The fraction of sp³-hybridized carbons (Fsp3) is 0.588. The number of rotatable bonds is 14. The number of aliphatic carboxylic acids is 1. The van der Waals surface area contributed by atoms with E-state index in [1.165, 1.54) is 0 Å². The van der Waals surface area contributed by atoms with Gasteiger partial charge in [0.15, 0.2) is 0 Å². The lowest BCUT2D eigenvalue weighted by atomic mass is 10.2. The van der Waals surface area contributed by atoms with Crippen LogP contribution in [0.2, 0.25) is 10.0 Å². The molecule has 0 aromatic heterocycles. The molecular weight excluding hydrogens is 353 g/mol. The smallest absolute Gasteiger partial charge is 0.317 e. The maximum atomic E-state index is 10.3. The third kappa shape index (κ3) is 10.1. The first-order valence-corrected chi connectivity index (χ1v) is 8.87. The van der Waals surface area contributed by atoms with Crippen molar-refractivity contribution in [2.75, 3.05) is 32.9 Å². The number of carboxylic acids is 1. The SMILES string of the molecule is O=C(O)CNCCCCCCOCCOCc1c(Cl)cccc1Cl. The second-order valence-electron chi connectivity index (χ2n) is 5.35. The normalized spacial score (nSPS) is 10.9. The number of halogens is 2. The van der Waals surface area contributed by atoms with Gasteiger partial charge in [-0.2, -0.15) is 0 Å². The number of nitrogens with one attached hydrogen (secondary N) is 1. The summed E-state index contributed by atoms with van der Waals surface area (Å²) in [6, 6.07) is 5.39. The van der Waals surface area contributed by atoms with Gasteiger partial charge in [0.2, 0.25) is 0 Å². The highest BCUT2D eigenvalue weighted by Crippen LogP contribution is 2.24. The molecule has 0 amide bonds. The Bertz CT molecular complexity index is 465. The maximum absolute atomic E-state index is 10.3. The summed E-state index contributed by atoms with van der Waals surface area (Å²) in [5.41, 5.74) is 0.803. The molecule has 7 heteroatoms. The third-order valence-corrected chi connectivity index (χ3v) is 4.06. The van der Waals surface area contributed by atoms with Crippen molar-refractivity contribution in [3.05, 3.63) is 33.8 Å². The zero-order valence-corrected chi connectivity index (χ0v) is 15.2. The van der Waals surface area contributed by atoms with Crippen molar-refractivity contribution in [1.82, 2.24) is 5.32 Å². The number of hydrogen-bond acceptors (Lipinski definition) is 4. The monoisotopic (exact) mass is 377 g/mol. The van der Waals surface area contributed by atoms with Gasteiger partial charge in [-0.1, -0.05) is 42.1 Å². The van der Waals surface area contributed by atoms with Gasteiger partial charge in [0.05, 0.1) is 26.4 Å². The van der Waals surface area contributed by atoms with Gasteiger partial charge >= 0.3 is 5.97 Å². The fourth-order valence-electron chi connectivity index (χ4n) is 2.07. The van der Waals surface area contributed by atoms with Gasteiger partial charge in [0.1, 0.15) is 0 Å². The summed E-state index contributed by atoms with van der Waals surface area (Å²) in [6.07, 6.45) is 4.12. The van der Waals surface area contributed by atoms with Crippen molar-refractivity contribution >= 4 is 29.2 Å². The van der Waals surface area contributed by atoms with E-state index in [1.807, 2.05) is 0 Å². The molecule has 0 radical (unpaired) electrons. The van der Waals surface area contributed by atoms with E-state index < -0.39 is 5.97 Å². The summed E-state index contributed by atoms with van der Waals surface area (Å²) in [6.45, 7) is 2.90. The molecule has 0 aliphatic rings. The lowest BCUT2D eigenvalue weighted by Gasteiger charge is -2.08. The molecular formula is C17H25Cl2NO4. The average Bonchev–Trinajstić information content (AvgIpc) is 2.54. The van der Waals surface area contributed by atoms with Gasteiger partial charge in [0.25, 0.3) is 0 Å². The lowest BCUT2D eigenvalue weighted by Crippen LogP contribution is -2.23. The summed E-state index contributed by atoms with van der Waals surface area (Å²) < 4.78 is 11.0. The Kier molecular flexibility index (Phi) is 11.9. The van der Waals surface area contributed by atoms with Gasteiger partial charge in [-0.25, -0.2) is 0 Å². The van der Waals surface area contributed by atoms with Crippen LogP contribution in [0.3, 0.4) is 0 Å². The van der Waals surface area contributed by atoms with Gasteiger partial charge in [-0.3, -0.25) is 4.79 Å². The molecule has 24 heavy (non-hydrogen) atoms. The standard InChI is InChI=1S/C17H25Cl2NO4/c18-15-6-5-7-16(19)14(15)13-24-11-10-23-9-4-2-1-3-8-20-12-17(21)22/h5-7,20H,1-4,8-13H2,(H,21,22). The summed E-state index contributed by atoms with van der Waals surface area (Å²) in [7, 11) is 0. The van der Waals surface area contributed by atoms with E-state index in [2.05, 4.69) is 5.32 Å². The van der Waals surface area contributed by atoms with Crippen LogP contribution in [-0.4, -0.2) is 44.0 Å². The molecule has 1 aromatic rings. The Labute approximate surface area is 153 Å². The van der Waals surface area contributed by atoms with Gasteiger partial charge in [0, 0.05) is 22.2 Å². The minimum atomic E-state index is -0.817. The Balaban J connectivity index is 1.88. The van der Waals surface area contributed by atoms with Crippen LogP contribution in [0.1, 0.15) is 31.2 Å². The van der Waals surface area contributed by atoms with Crippen molar-refractivity contribution in [2.45, 2.75) is 32.3 Å². The van der Waals surface area contributed by atoms with Crippen molar-refractivity contribution in [1.29, 1.82) is 0 Å². The predicted molar refractivity (Wildman–Crippen MR) is 95.9 cm³/mol. The molecule has 0 saturated heterocycles. The molecule has 0 aliphatic heterocycles. The number of benzene rings is 1. The van der Waals surface area contributed by atoms with E-state index in [9.17, 15) is 4.79 Å². The van der Waals surface area contributed by atoms with Crippen LogP contribution >= 0.6 is 23.2 Å². The van der Waals surface area contributed by atoms with E-state index in [1.54, 1.807) is 18.2 Å². The molecule has 0 unspecified atom stereocenters. The molecule has 0 bridgehead atoms. The van der Waals surface area contributed by atoms with Crippen LogP contribution in [-0.2, 0) is 20.9 Å². The van der Waals surface area contributed by atoms with Crippen LogP contribution < -0.4 is 5.32 Å². The molecule has 0 spiro atoms. The molecule has 0 atom stereocenters. The quantitative estimate of drug-likeness (QED) is 0.483. The summed E-state index contributed by atoms with van der Waals surface area (Å²) in [5.74, 6) is -0.817. The van der Waals surface area contributed by atoms with E-state index in [0.717, 1.165) is 37.8 Å². The Hall–Kier alpha value is -0.850. The molecule has 0 fully saturated rings. The largest absolute Gasteiger partial charge is 0.480 e. The molecule has 5 nitrogen and oxygen atoms in total. The van der Waals surface area contributed by atoms with Crippen LogP contribution in [0, 0.1) is 0 Å². The topological polar surface area (TPSA) is 67.8 Å². The minimum Gasteiger partial charge on any atom is -0.480 e. The van der Waals surface area contributed by atoms with Crippen LogP contribution in [0.15, 0.2) is 18.2 Å². The van der Waals surface area contributed by atoms with Gasteiger partial charge in [-0.15, -0.1) is 0 Å². The van der Waals surface area contributed by atoms with Gasteiger partial charge < -0.3 is 19.9 Å². The molecule has 0 aliphatic carbocycles. The summed E-state index contributed by atoms with van der Waals surface area (Å²) in [5, 5.41) is 12.6. The van der Waals surface area contributed by atoms with E-state index in [4.69, 9.17) is 37.8 Å². The average molecular weight is 378 g/mol. The molecule has 1 rings (SSSR count). The third-order valence-electron chi connectivity index (χ3n) is 3.35. The van der Waals surface area contributed by atoms with E-state index in [0.29, 0.717) is 36.5 Å².